The van der Waals surface area contributed by atoms with Crippen molar-refractivity contribution < 1.29 is 0 Å². The number of unbranched alkanes of at least 4 members (excludes halogenated alkanes) is 1. The molecule has 3 heterocycles. The Balaban J connectivity index is 0.00000196. The third-order valence-electron chi connectivity index (χ3n) is 6.30. The molecule has 2 saturated heterocycles. The lowest BCUT2D eigenvalue weighted by Gasteiger charge is -2.32. The third-order valence-corrected chi connectivity index (χ3v) is 6.30. The number of hydrogen-bond donors (Lipinski definition) is 1. The molecule has 0 aliphatic carbocycles. The molecule has 3 nitrogen and oxygen atoms in total. The maximum atomic E-state index is 3.45. The lowest BCUT2D eigenvalue weighted by Crippen LogP contribution is -2.34. The van der Waals surface area contributed by atoms with Crippen LogP contribution in [0.4, 0.5) is 0 Å². The predicted octanol–water partition coefficient (Wildman–Crippen LogP) is 5.04. The fraction of sp³-hybridized carbons (Fsp3) is 0.636. The van der Waals surface area contributed by atoms with Crippen molar-refractivity contribution in [2.75, 3.05) is 39.3 Å². The van der Waals surface area contributed by atoms with Gasteiger partial charge in [0.25, 0.3) is 0 Å². The molecule has 0 radical (unpaired) electrons. The molecule has 4 rings (SSSR count). The lowest BCUT2D eigenvalue weighted by molar-refractivity contribution is 0.194. The Morgan fingerprint density at radius 3 is 2.23 bits per heavy atom. The van der Waals surface area contributed by atoms with E-state index in [0.29, 0.717) is 0 Å². The minimum atomic E-state index is 0. The number of piperidine rings is 2. The van der Waals surface area contributed by atoms with Gasteiger partial charge in [0.2, 0.25) is 0 Å². The number of hydrogen-bond acceptors (Lipinski definition) is 2. The molecule has 2 aliphatic rings. The van der Waals surface area contributed by atoms with Crippen molar-refractivity contribution in [3.05, 3.63) is 36.0 Å². The highest BCUT2D eigenvalue weighted by Gasteiger charge is 2.22. The number of nitrogens with one attached hydrogen (secondary N) is 1. The molecule has 2 aliphatic heterocycles. The Morgan fingerprint density at radius 2 is 1.50 bits per heavy atom. The van der Waals surface area contributed by atoms with Gasteiger partial charge in [0, 0.05) is 17.1 Å². The van der Waals surface area contributed by atoms with E-state index in [-0.39, 0.29) is 12.4 Å². The number of para-hydroxylation sites is 1. The molecule has 0 unspecified atom stereocenters. The van der Waals surface area contributed by atoms with Gasteiger partial charge in [0.05, 0.1) is 0 Å². The van der Waals surface area contributed by atoms with E-state index in [0.717, 1.165) is 5.92 Å². The first kappa shape index (κ1) is 19.7. The molecular formula is C22H34ClN3. The molecule has 0 amide bonds. The SMILES string of the molecule is Cl.c1ccc2c(C3CCN(CCCCN4CCCCC4)CC3)c[nH]c2c1. The largest absolute Gasteiger partial charge is 0.361 e. The summed E-state index contributed by atoms with van der Waals surface area (Å²) >= 11 is 0. The zero-order valence-electron chi connectivity index (χ0n) is 16.0. The Kier molecular flexibility index (Phi) is 7.42. The quantitative estimate of drug-likeness (QED) is 0.715. The van der Waals surface area contributed by atoms with Gasteiger partial charge in [-0.1, -0.05) is 24.6 Å². The number of likely N-dealkylation sites (tertiary alicyclic amines) is 2. The second-order valence-electron chi connectivity index (χ2n) is 8.01. The van der Waals surface area contributed by atoms with Crippen LogP contribution in [0.25, 0.3) is 10.9 Å². The molecule has 0 saturated carbocycles. The molecular weight excluding hydrogens is 342 g/mol. The summed E-state index contributed by atoms with van der Waals surface area (Å²) in [6, 6.07) is 8.75. The van der Waals surface area contributed by atoms with Crippen molar-refractivity contribution in [2.45, 2.75) is 50.9 Å². The van der Waals surface area contributed by atoms with Gasteiger partial charge in [0.15, 0.2) is 0 Å². The van der Waals surface area contributed by atoms with Crippen LogP contribution in [0, 0.1) is 0 Å². The van der Waals surface area contributed by atoms with Gasteiger partial charge in [-0.05, 0) is 95.3 Å². The molecule has 1 N–H and O–H groups in total. The molecule has 2 fully saturated rings. The highest BCUT2D eigenvalue weighted by Crippen LogP contribution is 2.33. The van der Waals surface area contributed by atoms with Crippen molar-refractivity contribution in [1.82, 2.24) is 14.8 Å². The van der Waals surface area contributed by atoms with Gasteiger partial charge in [0.1, 0.15) is 0 Å². The number of nitrogens with zero attached hydrogens (tertiary/aromatic N) is 2. The van der Waals surface area contributed by atoms with Crippen LogP contribution in [-0.2, 0) is 0 Å². The molecule has 0 bridgehead atoms. The monoisotopic (exact) mass is 375 g/mol. The molecule has 0 atom stereocenters. The lowest BCUT2D eigenvalue weighted by atomic mass is 9.89. The third kappa shape index (κ3) is 4.82. The first-order chi connectivity index (χ1) is 12.4. The predicted molar refractivity (Wildman–Crippen MR) is 113 cm³/mol. The van der Waals surface area contributed by atoms with Gasteiger partial charge in [-0.25, -0.2) is 0 Å². The zero-order valence-corrected chi connectivity index (χ0v) is 16.8. The van der Waals surface area contributed by atoms with Crippen molar-refractivity contribution >= 4 is 23.3 Å². The molecule has 1 aromatic carbocycles. The van der Waals surface area contributed by atoms with E-state index in [2.05, 4.69) is 45.2 Å². The normalized spacial score (nSPS) is 20.3. The smallest absolute Gasteiger partial charge is 0.0456 e. The summed E-state index contributed by atoms with van der Waals surface area (Å²) in [5.41, 5.74) is 2.83. The molecule has 144 valence electrons. The Bertz CT molecular complexity index is 654. The average Bonchev–Trinajstić information content (AvgIpc) is 3.11. The second-order valence-corrected chi connectivity index (χ2v) is 8.01. The van der Waals surface area contributed by atoms with Crippen molar-refractivity contribution in [3.63, 3.8) is 0 Å². The van der Waals surface area contributed by atoms with E-state index >= 15 is 0 Å². The van der Waals surface area contributed by atoms with Crippen LogP contribution >= 0.6 is 12.4 Å². The number of aromatic nitrogens is 1. The molecule has 2 aromatic rings. The van der Waals surface area contributed by atoms with E-state index in [1.807, 2.05) is 0 Å². The van der Waals surface area contributed by atoms with Crippen LogP contribution in [0.2, 0.25) is 0 Å². The van der Waals surface area contributed by atoms with Gasteiger partial charge in [-0.3, -0.25) is 0 Å². The Labute approximate surface area is 164 Å². The Morgan fingerprint density at radius 1 is 0.846 bits per heavy atom. The van der Waals surface area contributed by atoms with Crippen LogP contribution in [-0.4, -0.2) is 54.1 Å². The molecule has 26 heavy (non-hydrogen) atoms. The van der Waals surface area contributed by atoms with E-state index < -0.39 is 0 Å². The molecule has 4 heteroatoms. The van der Waals surface area contributed by atoms with Crippen molar-refractivity contribution in [1.29, 1.82) is 0 Å². The standard InChI is InChI=1S/C22H33N3.ClH/c1-4-12-24(13-5-1)14-6-7-15-25-16-10-19(11-17-25)21-18-23-22-9-3-2-8-20(21)22;/h2-3,8-9,18-19,23H,1,4-7,10-17H2;1H. The topological polar surface area (TPSA) is 22.3 Å². The fourth-order valence-corrected chi connectivity index (χ4v) is 4.75. The van der Waals surface area contributed by atoms with Gasteiger partial charge in [-0.15, -0.1) is 12.4 Å². The summed E-state index contributed by atoms with van der Waals surface area (Å²) in [4.78, 5) is 8.82. The fourth-order valence-electron chi connectivity index (χ4n) is 4.75. The first-order valence-electron chi connectivity index (χ1n) is 10.4. The number of benzene rings is 1. The Hall–Kier alpha value is -1.03. The van der Waals surface area contributed by atoms with E-state index in [4.69, 9.17) is 0 Å². The maximum Gasteiger partial charge on any atom is 0.0456 e. The van der Waals surface area contributed by atoms with E-state index in [9.17, 15) is 0 Å². The number of aromatic amines is 1. The summed E-state index contributed by atoms with van der Waals surface area (Å²) in [6.07, 6.45) is 11.9. The van der Waals surface area contributed by atoms with Gasteiger partial charge >= 0.3 is 0 Å². The highest BCUT2D eigenvalue weighted by molar-refractivity contribution is 5.85. The maximum absolute atomic E-state index is 3.45. The summed E-state index contributed by atoms with van der Waals surface area (Å²) in [5.74, 6) is 0.737. The number of H-pyrrole nitrogens is 1. The van der Waals surface area contributed by atoms with Crippen LogP contribution in [0.15, 0.2) is 30.5 Å². The van der Waals surface area contributed by atoms with Gasteiger partial charge < -0.3 is 14.8 Å². The summed E-state index contributed by atoms with van der Waals surface area (Å²) in [6.45, 7) is 7.86. The van der Waals surface area contributed by atoms with Crippen LogP contribution in [0.3, 0.4) is 0 Å². The highest BCUT2D eigenvalue weighted by atomic mass is 35.5. The van der Waals surface area contributed by atoms with E-state index in [1.165, 1.54) is 95.1 Å². The van der Waals surface area contributed by atoms with Crippen LogP contribution < -0.4 is 0 Å². The average molecular weight is 376 g/mol. The summed E-state index contributed by atoms with van der Waals surface area (Å²) in [5, 5.41) is 1.43. The molecule has 0 spiro atoms. The van der Waals surface area contributed by atoms with Crippen molar-refractivity contribution in [2.24, 2.45) is 0 Å². The van der Waals surface area contributed by atoms with E-state index in [1.54, 1.807) is 5.56 Å². The minimum Gasteiger partial charge on any atom is -0.361 e. The first-order valence-corrected chi connectivity index (χ1v) is 10.4. The molecule has 1 aromatic heterocycles. The summed E-state index contributed by atoms with van der Waals surface area (Å²) in [7, 11) is 0. The minimum absolute atomic E-state index is 0. The number of halogens is 1. The number of fused-ring (bicyclic) bond motifs is 1. The number of rotatable bonds is 6. The van der Waals surface area contributed by atoms with Crippen LogP contribution in [0.1, 0.15) is 56.4 Å². The summed E-state index contributed by atoms with van der Waals surface area (Å²) < 4.78 is 0. The zero-order chi connectivity index (χ0) is 16.9. The second kappa shape index (κ2) is 9.77. The van der Waals surface area contributed by atoms with Gasteiger partial charge in [-0.2, -0.15) is 0 Å². The van der Waals surface area contributed by atoms with Crippen molar-refractivity contribution in [3.8, 4) is 0 Å². The van der Waals surface area contributed by atoms with Crippen LogP contribution in [0.5, 0.6) is 0 Å².